The second kappa shape index (κ2) is 3.40. The lowest BCUT2D eigenvalue weighted by Crippen LogP contribution is -1.83. The van der Waals surface area contributed by atoms with E-state index in [1.54, 1.807) is 0 Å². The molecule has 0 aromatic heterocycles. The Balaban J connectivity index is 3.56. The van der Waals surface area contributed by atoms with Crippen molar-refractivity contribution in [3.8, 4) is 0 Å². The molecule has 0 heterocycles. The van der Waals surface area contributed by atoms with Gasteiger partial charge in [0.1, 0.15) is 0 Å². The zero-order chi connectivity index (χ0) is 10.9. The molecule has 0 fully saturated rings. The SMILES string of the molecule is [2H]c1c([2H])c(CC)c([2H])c(CC)c1[2H]. The first-order valence-electron chi connectivity index (χ1n) is 5.62. The van der Waals surface area contributed by atoms with Gasteiger partial charge in [0.15, 0.2) is 0 Å². The standard InChI is InChI=1S/C10H14/c1-3-9-6-5-7-10(4-2)8-9/h5-8H,3-4H2,1-2H3/i5D,6D,7D,8D. The van der Waals surface area contributed by atoms with Gasteiger partial charge in [0.05, 0.1) is 5.48 Å². The normalized spacial score (nSPS) is 15.4. The fourth-order valence-electron chi connectivity index (χ4n) is 0.780. The highest BCUT2D eigenvalue weighted by Gasteiger charge is 1.89. The average Bonchev–Trinajstić information content (AvgIpc) is 2.16. The molecule has 0 aliphatic carbocycles. The number of hydrogen-bond donors (Lipinski definition) is 0. The Morgan fingerprint density at radius 1 is 1.20 bits per heavy atom. The summed E-state index contributed by atoms with van der Waals surface area (Å²) in [6.45, 7) is 3.74. The summed E-state index contributed by atoms with van der Waals surface area (Å²) >= 11 is 0. The van der Waals surface area contributed by atoms with E-state index in [9.17, 15) is 0 Å². The summed E-state index contributed by atoms with van der Waals surface area (Å²) in [6, 6.07) is 0.315. The van der Waals surface area contributed by atoms with E-state index in [2.05, 4.69) is 0 Å². The van der Waals surface area contributed by atoms with Crippen molar-refractivity contribution < 1.29 is 5.48 Å². The number of rotatable bonds is 2. The molecular formula is C10H14. The molecule has 1 rings (SSSR count). The van der Waals surface area contributed by atoms with E-state index in [0.717, 1.165) is 0 Å². The molecule has 0 nitrogen and oxygen atoms in total. The van der Waals surface area contributed by atoms with Crippen molar-refractivity contribution >= 4 is 0 Å². The zero-order valence-electron chi connectivity index (χ0n) is 10.4. The van der Waals surface area contributed by atoms with Crippen molar-refractivity contribution in [3.05, 3.63) is 35.3 Å². The van der Waals surface area contributed by atoms with Crippen LogP contribution in [-0.4, -0.2) is 0 Å². The number of hydrogen-bond acceptors (Lipinski definition) is 0. The smallest absolute Gasteiger partial charge is 0.0617 e. The van der Waals surface area contributed by atoms with E-state index >= 15 is 0 Å². The van der Waals surface area contributed by atoms with E-state index in [0.29, 0.717) is 24.0 Å². The number of benzene rings is 1. The summed E-state index contributed by atoms with van der Waals surface area (Å²) in [7, 11) is 0. The van der Waals surface area contributed by atoms with Gasteiger partial charge >= 0.3 is 0 Å². The van der Waals surface area contributed by atoms with Gasteiger partial charge in [-0.25, -0.2) is 0 Å². The molecule has 1 aromatic rings. The highest BCUT2D eigenvalue weighted by atomic mass is 13.9. The van der Waals surface area contributed by atoms with Gasteiger partial charge in [-0.2, -0.15) is 0 Å². The summed E-state index contributed by atoms with van der Waals surface area (Å²) in [6.07, 6.45) is 1.16. The molecule has 0 aliphatic heterocycles. The van der Waals surface area contributed by atoms with E-state index in [1.165, 1.54) is 0 Å². The van der Waals surface area contributed by atoms with E-state index in [4.69, 9.17) is 5.48 Å². The Bertz CT molecular complexity index is 327. The Morgan fingerprint density at radius 2 is 1.70 bits per heavy atom. The molecule has 0 saturated heterocycles. The molecule has 0 bridgehead atoms. The highest BCUT2D eigenvalue weighted by molar-refractivity contribution is 5.23. The van der Waals surface area contributed by atoms with Gasteiger partial charge in [-0.1, -0.05) is 38.0 Å². The van der Waals surface area contributed by atoms with Crippen LogP contribution in [0.3, 0.4) is 0 Å². The first kappa shape index (κ1) is 3.56. The predicted octanol–water partition coefficient (Wildman–Crippen LogP) is 2.81. The van der Waals surface area contributed by atoms with Crippen LogP contribution in [0, 0.1) is 0 Å². The van der Waals surface area contributed by atoms with Gasteiger partial charge < -0.3 is 0 Å². The summed E-state index contributed by atoms with van der Waals surface area (Å²) in [5.41, 5.74) is 1.17. The van der Waals surface area contributed by atoms with Crippen LogP contribution in [0.5, 0.6) is 0 Å². The summed E-state index contributed by atoms with van der Waals surface area (Å²) in [4.78, 5) is 0. The molecule has 0 N–H and O–H groups in total. The minimum absolute atomic E-state index is 0.0414. The largest absolute Gasteiger partial charge is 0.0629 e. The monoisotopic (exact) mass is 138 g/mol. The summed E-state index contributed by atoms with van der Waals surface area (Å²) < 4.78 is 30.6. The third-order valence-corrected chi connectivity index (χ3v) is 1.44. The van der Waals surface area contributed by atoms with Crippen molar-refractivity contribution in [2.75, 3.05) is 0 Å². The van der Waals surface area contributed by atoms with Gasteiger partial charge in [-0.05, 0) is 24.0 Å². The minimum atomic E-state index is -0.0466. The molecule has 1 aromatic carbocycles. The van der Waals surface area contributed by atoms with E-state index in [-0.39, 0.29) is 24.2 Å². The second-order valence-electron chi connectivity index (χ2n) is 2.16. The first-order chi connectivity index (χ1) is 6.54. The van der Waals surface area contributed by atoms with Gasteiger partial charge in [-0.15, -0.1) is 0 Å². The van der Waals surface area contributed by atoms with Crippen molar-refractivity contribution in [2.24, 2.45) is 0 Å². The van der Waals surface area contributed by atoms with Crippen LogP contribution in [0.4, 0.5) is 0 Å². The molecule has 0 heteroatoms. The van der Waals surface area contributed by atoms with Crippen molar-refractivity contribution in [3.63, 3.8) is 0 Å². The van der Waals surface area contributed by atoms with Crippen LogP contribution in [0.15, 0.2) is 24.2 Å². The fourth-order valence-corrected chi connectivity index (χ4v) is 0.780. The Morgan fingerprint density at radius 3 is 2.10 bits per heavy atom. The zero-order valence-corrected chi connectivity index (χ0v) is 6.41. The second-order valence-corrected chi connectivity index (χ2v) is 2.16. The highest BCUT2D eigenvalue weighted by Crippen LogP contribution is 2.05. The van der Waals surface area contributed by atoms with Gasteiger partial charge in [0.2, 0.25) is 0 Å². The van der Waals surface area contributed by atoms with Crippen LogP contribution in [0.2, 0.25) is 0 Å². The minimum Gasteiger partial charge on any atom is -0.0617 e. The van der Waals surface area contributed by atoms with Gasteiger partial charge in [0.25, 0.3) is 0 Å². The molecule has 0 aliphatic rings. The van der Waals surface area contributed by atoms with Gasteiger partial charge in [0, 0.05) is 0 Å². The first-order valence-corrected chi connectivity index (χ1v) is 3.62. The molecule has 0 spiro atoms. The lowest BCUT2D eigenvalue weighted by Gasteiger charge is -1.98. The molecular weight excluding hydrogens is 120 g/mol. The molecule has 0 unspecified atom stereocenters. The van der Waals surface area contributed by atoms with E-state index in [1.807, 2.05) is 13.8 Å². The van der Waals surface area contributed by atoms with Crippen LogP contribution in [-0.2, 0) is 12.8 Å². The lowest BCUT2D eigenvalue weighted by molar-refractivity contribution is 1.09. The maximum atomic E-state index is 7.80. The molecule has 54 valence electrons. The molecule has 0 radical (unpaired) electrons. The van der Waals surface area contributed by atoms with Gasteiger partial charge in [-0.3, -0.25) is 0 Å². The Kier molecular flexibility index (Phi) is 1.21. The molecule has 0 atom stereocenters. The van der Waals surface area contributed by atoms with Crippen LogP contribution in [0.1, 0.15) is 30.5 Å². The Labute approximate surface area is 68.5 Å². The van der Waals surface area contributed by atoms with Crippen molar-refractivity contribution in [1.29, 1.82) is 0 Å². The maximum Gasteiger partial charge on any atom is 0.0629 e. The Hall–Kier alpha value is -0.780. The third kappa shape index (κ3) is 1.60. The van der Waals surface area contributed by atoms with E-state index < -0.39 is 0 Å². The fraction of sp³-hybridized carbons (Fsp3) is 0.400. The van der Waals surface area contributed by atoms with Crippen molar-refractivity contribution in [2.45, 2.75) is 26.7 Å². The van der Waals surface area contributed by atoms with Crippen molar-refractivity contribution in [1.82, 2.24) is 0 Å². The molecule has 0 saturated carbocycles. The average molecular weight is 138 g/mol. The van der Waals surface area contributed by atoms with Crippen LogP contribution in [0.25, 0.3) is 0 Å². The molecule has 10 heavy (non-hydrogen) atoms. The third-order valence-electron chi connectivity index (χ3n) is 1.44. The topological polar surface area (TPSA) is 0 Å². The maximum absolute atomic E-state index is 7.80. The quantitative estimate of drug-likeness (QED) is 0.589. The molecule has 0 amide bonds. The van der Waals surface area contributed by atoms with Crippen LogP contribution >= 0.6 is 0 Å². The summed E-state index contributed by atoms with van der Waals surface area (Å²) in [5.74, 6) is 0. The summed E-state index contributed by atoms with van der Waals surface area (Å²) in [5, 5.41) is 0. The van der Waals surface area contributed by atoms with Crippen LogP contribution < -0.4 is 0 Å². The predicted molar refractivity (Wildman–Crippen MR) is 45.2 cm³/mol. The lowest BCUT2D eigenvalue weighted by atomic mass is 10.1.